The zero-order valence-electron chi connectivity index (χ0n) is 7.53. The van der Waals surface area contributed by atoms with Crippen molar-refractivity contribution in [2.45, 2.75) is 30.9 Å². The fraction of sp³-hybridized carbons (Fsp3) is 1.00. The smallest absolute Gasteiger partial charge is 0.212 e. The molecule has 1 saturated heterocycles. The highest BCUT2D eigenvalue weighted by Crippen LogP contribution is 2.50. The van der Waals surface area contributed by atoms with Gasteiger partial charge >= 0.3 is 0 Å². The van der Waals surface area contributed by atoms with Gasteiger partial charge in [0.1, 0.15) is 0 Å². The van der Waals surface area contributed by atoms with Gasteiger partial charge in [-0.15, -0.1) is 0 Å². The van der Waals surface area contributed by atoms with Crippen LogP contribution in [0.4, 0.5) is 0 Å². The standard InChI is InChI=1S/C8H15NO3S/c9-13(10,11)7-5-8(6-7)1-3-12-4-2-8/h7H,1-6H2,(H2,9,10,11). The number of primary sulfonamides is 1. The van der Waals surface area contributed by atoms with E-state index in [4.69, 9.17) is 9.88 Å². The molecule has 0 bridgehead atoms. The summed E-state index contributed by atoms with van der Waals surface area (Å²) in [5, 5.41) is 4.79. The van der Waals surface area contributed by atoms with Crippen LogP contribution in [0.25, 0.3) is 0 Å². The first-order valence-corrected chi connectivity index (χ1v) is 6.22. The van der Waals surface area contributed by atoms with Crippen molar-refractivity contribution in [1.29, 1.82) is 0 Å². The van der Waals surface area contributed by atoms with E-state index in [-0.39, 0.29) is 10.7 Å². The van der Waals surface area contributed by atoms with Gasteiger partial charge in [-0.05, 0) is 31.1 Å². The van der Waals surface area contributed by atoms with Crippen molar-refractivity contribution in [1.82, 2.24) is 0 Å². The molecule has 1 heterocycles. The predicted octanol–water partition coefficient (Wildman–Crippen LogP) is 0.234. The first-order valence-electron chi connectivity index (χ1n) is 4.61. The molecule has 76 valence electrons. The maximum atomic E-state index is 11.0. The lowest BCUT2D eigenvalue weighted by molar-refractivity contribution is -0.0262. The van der Waals surface area contributed by atoms with Crippen molar-refractivity contribution in [2.75, 3.05) is 13.2 Å². The molecule has 0 aromatic heterocycles. The van der Waals surface area contributed by atoms with E-state index in [9.17, 15) is 8.42 Å². The van der Waals surface area contributed by atoms with E-state index in [0.717, 1.165) is 38.9 Å². The van der Waals surface area contributed by atoms with Crippen LogP contribution in [-0.2, 0) is 14.8 Å². The van der Waals surface area contributed by atoms with E-state index in [1.54, 1.807) is 0 Å². The van der Waals surface area contributed by atoms with Crippen molar-refractivity contribution in [3.63, 3.8) is 0 Å². The zero-order valence-corrected chi connectivity index (χ0v) is 8.35. The molecule has 0 amide bonds. The molecular weight excluding hydrogens is 190 g/mol. The summed E-state index contributed by atoms with van der Waals surface area (Å²) in [5.41, 5.74) is 0.245. The normalized spacial score (nSPS) is 28.7. The Morgan fingerprint density at radius 3 is 2.23 bits per heavy atom. The van der Waals surface area contributed by atoms with Gasteiger partial charge in [-0.1, -0.05) is 0 Å². The van der Waals surface area contributed by atoms with Gasteiger partial charge in [0.15, 0.2) is 0 Å². The monoisotopic (exact) mass is 205 g/mol. The quantitative estimate of drug-likeness (QED) is 0.666. The third-order valence-electron chi connectivity index (χ3n) is 3.34. The van der Waals surface area contributed by atoms with Gasteiger partial charge in [-0.2, -0.15) is 0 Å². The van der Waals surface area contributed by atoms with Crippen molar-refractivity contribution in [3.05, 3.63) is 0 Å². The molecule has 1 saturated carbocycles. The molecule has 2 N–H and O–H groups in total. The summed E-state index contributed by atoms with van der Waals surface area (Å²) < 4.78 is 27.2. The highest BCUT2D eigenvalue weighted by molar-refractivity contribution is 7.89. The molecule has 1 aliphatic heterocycles. The van der Waals surface area contributed by atoms with Crippen LogP contribution in [0.2, 0.25) is 0 Å². The molecule has 0 radical (unpaired) electrons. The van der Waals surface area contributed by atoms with Crippen molar-refractivity contribution in [2.24, 2.45) is 10.6 Å². The average Bonchev–Trinajstić information content (AvgIpc) is 2.00. The second kappa shape index (κ2) is 2.93. The zero-order chi connectivity index (χ0) is 9.53. The van der Waals surface area contributed by atoms with Crippen LogP contribution in [0.5, 0.6) is 0 Å². The Hall–Kier alpha value is -0.130. The molecule has 1 aliphatic carbocycles. The van der Waals surface area contributed by atoms with Crippen LogP contribution in [-0.4, -0.2) is 26.9 Å². The Balaban J connectivity index is 1.96. The summed E-state index contributed by atoms with van der Waals surface area (Å²) in [6.07, 6.45) is 3.49. The molecule has 1 spiro atoms. The maximum Gasteiger partial charge on any atom is 0.212 e. The lowest BCUT2D eigenvalue weighted by Crippen LogP contribution is -2.50. The SMILES string of the molecule is NS(=O)(=O)C1CC2(CCOCC2)C1. The van der Waals surface area contributed by atoms with Gasteiger partial charge < -0.3 is 4.74 Å². The minimum Gasteiger partial charge on any atom is -0.381 e. The summed E-state index contributed by atoms with van der Waals surface area (Å²) in [6.45, 7) is 1.55. The lowest BCUT2D eigenvalue weighted by atomic mass is 9.64. The molecule has 5 heteroatoms. The molecule has 13 heavy (non-hydrogen) atoms. The second-order valence-electron chi connectivity index (χ2n) is 4.23. The minimum atomic E-state index is -3.28. The van der Waals surface area contributed by atoms with Gasteiger partial charge in [0.2, 0.25) is 10.0 Å². The van der Waals surface area contributed by atoms with Crippen molar-refractivity contribution in [3.8, 4) is 0 Å². The Morgan fingerprint density at radius 1 is 1.23 bits per heavy atom. The van der Waals surface area contributed by atoms with Crippen LogP contribution >= 0.6 is 0 Å². The molecule has 0 aromatic carbocycles. The third-order valence-corrected chi connectivity index (χ3v) is 4.60. The number of ether oxygens (including phenoxy) is 1. The van der Waals surface area contributed by atoms with E-state index < -0.39 is 10.0 Å². The summed E-state index contributed by atoms with van der Waals surface area (Å²) in [4.78, 5) is 0. The molecule has 2 rings (SSSR count). The van der Waals surface area contributed by atoms with Gasteiger partial charge in [0.05, 0.1) is 5.25 Å². The van der Waals surface area contributed by atoms with Crippen molar-refractivity contribution >= 4 is 10.0 Å². The maximum absolute atomic E-state index is 11.0. The van der Waals surface area contributed by atoms with Gasteiger partial charge in [0, 0.05) is 13.2 Å². The Labute approximate surface area is 78.5 Å². The summed E-state index contributed by atoms with van der Waals surface area (Å²) in [7, 11) is -3.28. The first-order chi connectivity index (χ1) is 6.02. The van der Waals surface area contributed by atoms with Crippen LogP contribution < -0.4 is 5.14 Å². The third kappa shape index (κ3) is 1.73. The topological polar surface area (TPSA) is 69.4 Å². The number of sulfonamides is 1. The van der Waals surface area contributed by atoms with Crippen LogP contribution in [0, 0.1) is 5.41 Å². The van der Waals surface area contributed by atoms with Crippen molar-refractivity contribution < 1.29 is 13.2 Å². The van der Waals surface area contributed by atoms with Crippen LogP contribution in [0.1, 0.15) is 25.7 Å². The fourth-order valence-corrected chi connectivity index (χ4v) is 3.52. The number of hydrogen-bond donors (Lipinski definition) is 1. The fourth-order valence-electron chi connectivity index (χ4n) is 2.35. The average molecular weight is 205 g/mol. The summed E-state index contributed by atoms with van der Waals surface area (Å²) in [6, 6.07) is 0. The van der Waals surface area contributed by atoms with E-state index in [2.05, 4.69) is 0 Å². The van der Waals surface area contributed by atoms with Gasteiger partial charge in [-0.3, -0.25) is 0 Å². The second-order valence-corrected chi connectivity index (χ2v) is 6.08. The Kier molecular flexibility index (Phi) is 2.13. The highest BCUT2D eigenvalue weighted by Gasteiger charge is 2.49. The number of nitrogens with two attached hydrogens (primary N) is 1. The van der Waals surface area contributed by atoms with E-state index in [0.29, 0.717) is 0 Å². The summed E-state index contributed by atoms with van der Waals surface area (Å²) >= 11 is 0. The first kappa shape index (κ1) is 9.43. The molecule has 0 unspecified atom stereocenters. The molecule has 2 aliphatic rings. The largest absolute Gasteiger partial charge is 0.381 e. The molecule has 4 nitrogen and oxygen atoms in total. The molecule has 2 fully saturated rings. The highest BCUT2D eigenvalue weighted by atomic mass is 32.2. The lowest BCUT2D eigenvalue weighted by Gasteiger charge is -2.48. The van der Waals surface area contributed by atoms with Crippen LogP contribution in [0.15, 0.2) is 0 Å². The Morgan fingerprint density at radius 2 is 1.77 bits per heavy atom. The van der Waals surface area contributed by atoms with E-state index >= 15 is 0 Å². The van der Waals surface area contributed by atoms with E-state index in [1.807, 2.05) is 0 Å². The van der Waals surface area contributed by atoms with Gasteiger partial charge in [0.25, 0.3) is 0 Å². The summed E-state index contributed by atoms with van der Waals surface area (Å²) in [5.74, 6) is 0. The number of rotatable bonds is 1. The van der Waals surface area contributed by atoms with Gasteiger partial charge in [-0.25, -0.2) is 13.6 Å². The number of hydrogen-bond acceptors (Lipinski definition) is 3. The molecular formula is C8H15NO3S. The Bertz CT molecular complexity index is 285. The molecule has 0 atom stereocenters. The van der Waals surface area contributed by atoms with E-state index in [1.165, 1.54) is 0 Å². The molecule has 0 aromatic rings. The minimum absolute atomic E-state index is 0.245. The van der Waals surface area contributed by atoms with Crippen LogP contribution in [0.3, 0.4) is 0 Å². The predicted molar refractivity (Wildman–Crippen MR) is 48.6 cm³/mol.